The molecule has 2 aromatic carbocycles. The average molecular weight is 450 g/mol. The van der Waals surface area contributed by atoms with E-state index in [1.807, 2.05) is 42.2 Å². The second-order valence-corrected chi connectivity index (χ2v) is 9.52. The number of likely N-dealkylation sites (tertiary alicyclic amines) is 1. The Morgan fingerprint density at radius 3 is 2.39 bits per heavy atom. The van der Waals surface area contributed by atoms with Crippen molar-refractivity contribution in [2.45, 2.75) is 51.5 Å². The fraction of sp³-hybridized carbons (Fsp3) is 0.423. The summed E-state index contributed by atoms with van der Waals surface area (Å²) in [5.41, 5.74) is 3.18. The summed E-state index contributed by atoms with van der Waals surface area (Å²) in [6.45, 7) is 9.09. The molecule has 0 N–H and O–H groups in total. The van der Waals surface area contributed by atoms with Gasteiger partial charge in [0.2, 0.25) is 5.91 Å². The third-order valence-corrected chi connectivity index (χ3v) is 6.32. The van der Waals surface area contributed by atoms with Crippen LogP contribution in [0.2, 0.25) is 0 Å². The Morgan fingerprint density at radius 2 is 1.76 bits per heavy atom. The Labute approximate surface area is 194 Å². The van der Waals surface area contributed by atoms with Crippen molar-refractivity contribution >= 4 is 5.91 Å². The van der Waals surface area contributed by atoms with Crippen LogP contribution in [0.15, 0.2) is 47.0 Å². The predicted octanol–water partition coefficient (Wildman–Crippen LogP) is 5.13. The van der Waals surface area contributed by atoms with E-state index >= 15 is 0 Å². The first-order valence-corrected chi connectivity index (χ1v) is 11.2. The standard InChI is InChI=1S/C26H31N3O4/c1-16(18-9-12-21(31-5)22(13-18)32-6)29-15-19(14-23(29)30)24-27-25(33-28-24)17-7-10-20(11-8-17)26(2,3)4/h7-13,16,19H,14-15H2,1-6H3. The van der Waals surface area contributed by atoms with E-state index in [4.69, 9.17) is 14.0 Å². The van der Waals surface area contributed by atoms with E-state index in [2.05, 4.69) is 43.0 Å². The van der Waals surface area contributed by atoms with Crippen molar-refractivity contribution in [2.75, 3.05) is 20.8 Å². The molecule has 0 saturated carbocycles. The number of ether oxygens (including phenoxy) is 2. The van der Waals surface area contributed by atoms with Crippen molar-refractivity contribution in [3.05, 3.63) is 59.4 Å². The highest BCUT2D eigenvalue weighted by atomic mass is 16.5. The molecular formula is C26H31N3O4. The second-order valence-electron chi connectivity index (χ2n) is 9.52. The molecule has 2 atom stereocenters. The average Bonchev–Trinajstić information content (AvgIpc) is 3.44. The first-order chi connectivity index (χ1) is 15.7. The molecule has 7 heteroatoms. The lowest BCUT2D eigenvalue weighted by atomic mass is 9.87. The van der Waals surface area contributed by atoms with Gasteiger partial charge in [-0.3, -0.25) is 4.79 Å². The van der Waals surface area contributed by atoms with Gasteiger partial charge in [-0.2, -0.15) is 4.98 Å². The van der Waals surface area contributed by atoms with E-state index in [9.17, 15) is 4.79 Å². The molecule has 7 nitrogen and oxygen atoms in total. The molecule has 1 saturated heterocycles. The van der Waals surface area contributed by atoms with E-state index in [1.165, 1.54) is 5.56 Å². The topological polar surface area (TPSA) is 77.7 Å². The van der Waals surface area contributed by atoms with Crippen LogP contribution in [0.5, 0.6) is 11.5 Å². The maximum atomic E-state index is 12.8. The van der Waals surface area contributed by atoms with Crippen LogP contribution in [-0.2, 0) is 10.2 Å². The van der Waals surface area contributed by atoms with Gasteiger partial charge in [-0.1, -0.05) is 44.1 Å². The minimum atomic E-state index is -0.112. The number of hydrogen-bond acceptors (Lipinski definition) is 6. The normalized spacial score (nSPS) is 17.3. The third-order valence-electron chi connectivity index (χ3n) is 6.32. The number of methoxy groups -OCH3 is 2. The molecule has 1 aliphatic rings. The highest BCUT2D eigenvalue weighted by Crippen LogP contribution is 2.36. The van der Waals surface area contributed by atoms with Crippen LogP contribution in [-0.4, -0.2) is 41.7 Å². The van der Waals surface area contributed by atoms with Crippen molar-refractivity contribution in [1.82, 2.24) is 15.0 Å². The van der Waals surface area contributed by atoms with Gasteiger partial charge in [0, 0.05) is 24.4 Å². The number of hydrogen-bond donors (Lipinski definition) is 0. The number of rotatable bonds is 6. The van der Waals surface area contributed by atoms with Gasteiger partial charge < -0.3 is 18.9 Å². The van der Waals surface area contributed by atoms with Gasteiger partial charge in [0.25, 0.3) is 5.89 Å². The zero-order valence-electron chi connectivity index (χ0n) is 20.1. The third kappa shape index (κ3) is 4.58. The van der Waals surface area contributed by atoms with Gasteiger partial charge in [-0.15, -0.1) is 0 Å². The Hall–Kier alpha value is -3.35. The first kappa shape index (κ1) is 22.8. The molecule has 0 spiro atoms. The molecule has 4 rings (SSSR count). The molecule has 2 heterocycles. The minimum absolute atomic E-state index is 0.0724. The monoisotopic (exact) mass is 449 g/mol. The number of benzene rings is 2. The van der Waals surface area contributed by atoms with E-state index < -0.39 is 0 Å². The Kier molecular flexibility index (Phi) is 6.15. The van der Waals surface area contributed by atoms with Crippen molar-refractivity contribution in [1.29, 1.82) is 0 Å². The van der Waals surface area contributed by atoms with Gasteiger partial charge >= 0.3 is 0 Å². The summed E-state index contributed by atoms with van der Waals surface area (Å²) in [4.78, 5) is 19.3. The molecule has 1 fully saturated rings. The maximum Gasteiger partial charge on any atom is 0.257 e. The molecule has 0 radical (unpaired) electrons. The summed E-state index contributed by atoms with van der Waals surface area (Å²) < 4.78 is 16.3. The number of carbonyl (C=O) groups is 1. The number of carbonyl (C=O) groups excluding carboxylic acids is 1. The fourth-order valence-corrected chi connectivity index (χ4v) is 4.20. The first-order valence-electron chi connectivity index (χ1n) is 11.2. The second kappa shape index (κ2) is 8.89. The summed E-state index contributed by atoms with van der Waals surface area (Å²) in [6, 6.07) is 13.8. The summed E-state index contributed by atoms with van der Waals surface area (Å²) in [7, 11) is 3.21. The van der Waals surface area contributed by atoms with Crippen LogP contribution in [0.1, 0.15) is 63.0 Å². The van der Waals surface area contributed by atoms with E-state index in [1.54, 1.807) is 14.2 Å². The Morgan fingerprint density at radius 1 is 1.06 bits per heavy atom. The highest BCUT2D eigenvalue weighted by Gasteiger charge is 2.36. The Balaban J connectivity index is 1.49. The summed E-state index contributed by atoms with van der Waals surface area (Å²) in [5, 5.41) is 4.20. The SMILES string of the molecule is COc1ccc(C(C)N2CC(c3noc(-c4ccc(C(C)(C)C)cc4)n3)CC2=O)cc1OC. The molecular weight excluding hydrogens is 418 g/mol. The van der Waals surface area contributed by atoms with Crippen molar-refractivity contribution in [3.63, 3.8) is 0 Å². The van der Waals surface area contributed by atoms with Crippen LogP contribution >= 0.6 is 0 Å². The quantitative estimate of drug-likeness (QED) is 0.519. The molecule has 0 bridgehead atoms. The fourth-order valence-electron chi connectivity index (χ4n) is 4.20. The highest BCUT2D eigenvalue weighted by molar-refractivity contribution is 5.80. The maximum absolute atomic E-state index is 12.8. The van der Waals surface area contributed by atoms with Crippen LogP contribution in [0.3, 0.4) is 0 Å². The van der Waals surface area contributed by atoms with Gasteiger partial charge in [-0.25, -0.2) is 0 Å². The number of aromatic nitrogens is 2. The lowest BCUT2D eigenvalue weighted by Gasteiger charge is -2.25. The molecule has 1 aliphatic heterocycles. The molecule has 1 aromatic heterocycles. The van der Waals surface area contributed by atoms with Crippen molar-refractivity contribution < 1.29 is 18.8 Å². The van der Waals surface area contributed by atoms with Gasteiger partial charge in [0.1, 0.15) is 0 Å². The van der Waals surface area contributed by atoms with Crippen molar-refractivity contribution in [2.24, 2.45) is 0 Å². The van der Waals surface area contributed by atoms with Crippen LogP contribution in [0, 0.1) is 0 Å². The van der Waals surface area contributed by atoms with E-state index in [0.717, 1.165) is 11.1 Å². The van der Waals surface area contributed by atoms with Gasteiger partial charge in [0.15, 0.2) is 17.3 Å². The smallest absolute Gasteiger partial charge is 0.257 e. The van der Waals surface area contributed by atoms with Gasteiger partial charge in [-0.05, 0) is 47.7 Å². The lowest BCUT2D eigenvalue weighted by molar-refractivity contribution is -0.129. The minimum Gasteiger partial charge on any atom is -0.493 e. The van der Waals surface area contributed by atoms with E-state index in [-0.39, 0.29) is 23.3 Å². The van der Waals surface area contributed by atoms with Crippen LogP contribution in [0.4, 0.5) is 0 Å². The van der Waals surface area contributed by atoms with Gasteiger partial charge in [0.05, 0.1) is 20.3 Å². The zero-order valence-corrected chi connectivity index (χ0v) is 20.1. The molecule has 0 aliphatic carbocycles. The van der Waals surface area contributed by atoms with E-state index in [0.29, 0.717) is 36.2 Å². The summed E-state index contributed by atoms with van der Waals surface area (Å²) in [5.74, 6) is 2.32. The zero-order chi connectivity index (χ0) is 23.8. The number of amides is 1. The molecule has 174 valence electrons. The largest absolute Gasteiger partial charge is 0.493 e. The lowest BCUT2D eigenvalue weighted by Crippen LogP contribution is -2.28. The Bertz CT molecular complexity index is 1130. The molecule has 33 heavy (non-hydrogen) atoms. The molecule has 1 amide bonds. The van der Waals surface area contributed by atoms with Crippen LogP contribution in [0.25, 0.3) is 11.5 Å². The predicted molar refractivity (Wildman–Crippen MR) is 125 cm³/mol. The van der Waals surface area contributed by atoms with Crippen LogP contribution < -0.4 is 9.47 Å². The summed E-state index contributed by atoms with van der Waals surface area (Å²) >= 11 is 0. The molecule has 2 unspecified atom stereocenters. The number of nitrogens with zero attached hydrogens (tertiary/aromatic N) is 3. The summed E-state index contributed by atoms with van der Waals surface area (Å²) in [6.07, 6.45) is 0.361. The van der Waals surface area contributed by atoms with Crippen molar-refractivity contribution in [3.8, 4) is 23.0 Å². The molecule has 3 aromatic rings.